The van der Waals surface area contributed by atoms with Gasteiger partial charge in [0.1, 0.15) is 0 Å². The van der Waals surface area contributed by atoms with Crippen LogP contribution in [0.3, 0.4) is 0 Å². The fourth-order valence-corrected chi connectivity index (χ4v) is 2.39. The molecule has 2 aromatic carbocycles. The van der Waals surface area contributed by atoms with Crippen LogP contribution in [0.1, 0.15) is 29.7 Å². The molecule has 0 aliphatic heterocycles. The van der Waals surface area contributed by atoms with Gasteiger partial charge < -0.3 is 9.80 Å². The van der Waals surface area contributed by atoms with E-state index in [0.29, 0.717) is 6.04 Å². The van der Waals surface area contributed by atoms with E-state index >= 15 is 0 Å². The van der Waals surface area contributed by atoms with E-state index in [1.807, 2.05) is 0 Å². The maximum atomic E-state index is 2.26. The maximum Gasteiger partial charge on any atom is 0.0363 e. The summed E-state index contributed by atoms with van der Waals surface area (Å²) in [7, 11) is 8.39. The van der Waals surface area contributed by atoms with Crippen molar-refractivity contribution in [2.45, 2.75) is 19.4 Å². The van der Waals surface area contributed by atoms with Crippen LogP contribution in [0.4, 0.5) is 5.69 Å². The van der Waals surface area contributed by atoms with Gasteiger partial charge in [0.15, 0.2) is 0 Å². The van der Waals surface area contributed by atoms with Crippen molar-refractivity contribution in [3.8, 4) is 0 Å². The van der Waals surface area contributed by atoms with Gasteiger partial charge in [0, 0.05) is 25.8 Å². The lowest BCUT2D eigenvalue weighted by Crippen LogP contribution is -2.16. The minimum Gasteiger partial charge on any atom is -0.378 e. The van der Waals surface area contributed by atoms with Crippen molar-refractivity contribution < 1.29 is 0 Å². The van der Waals surface area contributed by atoms with Crippen molar-refractivity contribution in [1.29, 1.82) is 0 Å². The molecule has 0 spiro atoms. The number of nitrogens with zero attached hydrogens (tertiary/aromatic N) is 2. The molecular weight excluding hydrogens is 256 g/mol. The molecule has 0 amide bonds. The topological polar surface area (TPSA) is 6.48 Å². The van der Waals surface area contributed by atoms with Crippen LogP contribution in [0.15, 0.2) is 48.5 Å². The predicted molar refractivity (Wildman–Crippen MR) is 92.1 cm³/mol. The smallest absolute Gasteiger partial charge is 0.0363 e. The van der Waals surface area contributed by atoms with Gasteiger partial charge in [-0.15, -0.1) is 0 Å². The summed E-state index contributed by atoms with van der Waals surface area (Å²) >= 11 is 0. The molecule has 0 bridgehead atoms. The SMILES string of the molecule is CC(c1ccc(Cc2cccc(N(C)C)c2)cc1)N(C)C. The molecule has 2 heteroatoms. The van der Waals surface area contributed by atoms with Crippen molar-refractivity contribution >= 4 is 5.69 Å². The van der Waals surface area contributed by atoms with E-state index in [-0.39, 0.29) is 0 Å². The van der Waals surface area contributed by atoms with Crippen LogP contribution >= 0.6 is 0 Å². The Hall–Kier alpha value is -1.80. The summed E-state index contributed by atoms with van der Waals surface area (Å²) in [6.07, 6.45) is 0.984. The second kappa shape index (κ2) is 6.77. The third kappa shape index (κ3) is 4.08. The standard InChI is InChI=1S/C19H26N2/c1-15(20(2)3)18-11-9-16(10-12-18)13-17-7-6-8-19(14-17)21(4)5/h6-12,14-15H,13H2,1-5H3. The monoisotopic (exact) mass is 282 g/mol. The summed E-state index contributed by atoms with van der Waals surface area (Å²) in [5.74, 6) is 0. The minimum atomic E-state index is 0.455. The Bertz CT molecular complexity index is 570. The van der Waals surface area contributed by atoms with Crippen molar-refractivity contribution in [1.82, 2.24) is 4.90 Å². The van der Waals surface area contributed by atoms with Crippen molar-refractivity contribution in [3.63, 3.8) is 0 Å². The number of hydrogen-bond donors (Lipinski definition) is 0. The van der Waals surface area contributed by atoms with Crippen LogP contribution in [0, 0.1) is 0 Å². The highest BCUT2D eigenvalue weighted by molar-refractivity contribution is 5.48. The van der Waals surface area contributed by atoms with Gasteiger partial charge in [-0.05, 0) is 56.3 Å². The van der Waals surface area contributed by atoms with E-state index in [1.54, 1.807) is 0 Å². The summed E-state index contributed by atoms with van der Waals surface area (Å²) < 4.78 is 0. The predicted octanol–water partition coefficient (Wildman–Crippen LogP) is 3.97. The molecule has 0 aliphatic rings. The summed E-state index contributed by atoms with van der Waals surface area (Å²) in [5.41, 5.74) is 5.34. The molecule has 1 unspecified atom stereocenters. The fourth-order valence-electron chi connectivity index (χ4n) is 2.39. The maximum absolute atomic E-state index is 2.26. The van der Waals surface area contributed by atoms with Crippen molar-refractivity contribution in [2.75, 3.05) is 33.1 Å². The summed E-state index contributed by atoms with van der Waals surface area (Å²) in [6, 6.07) is 18.2. The molecule has 0 N–H and O–H groups in total. The third-order valence-corrected chi connectivity index (χ3v) is 4.07. The molecule has 1 atom stereocenters. The van der Waals surface area contributed by atoms with Gasteiger partial charge in [-0.25, -0.2) is 0 Å². The molecule has 2 aromatic rings. The van der Waals surface area contributed by atoms with E-state index in [0.717, 1.165) is 6.42 Å². The van der Waals surface area contributed by atoms with Gasteiger partial charge >= 0.3 is 0 Å². The van der Waals surface area contributed by atoms with Gasteiger partial charge in [-0.1, -0.05) is 36.4 Å². The van der Waals surface area contributed by atoms with Gasteiger partial charge in [0.25, 0.3) is 0 Å². The highest BCUT2D eigenvalue weighted by Crippen LogP contribution is 2.20. The molecule has 112 valence electrons. The molecule has 0 saturated heterocycles. The lowest BCUT2D eigenvalue weighted by Gasteiger charge is -2.20. The normalized spacial score (nSPS) is 12.5. The van der Waals surface area contributed by atoms with Crippen LogP contribution in [0.2, 0.25) is 0 Å². The molecule has 0 radical (unpaired) electrons. The average molecular weight is 282 g/mol. The number of anilines is 1. The van der Waals surface area contributed by atoms with Crippen LogP contribution in [-0.2, 0) is 6.42 Å². The van der Waals surface area contributed by atoms with E-state index in [9.17, 15) is 0 Å². The first-order chi connectivity index (χ1) is 9.97. The van der Waals surface area contributed by atoms with E-state index in [1.165, 1.54) is 22.4 Å². The van der Waals surface area contributed by atoms with E-state index < -0.39 is 0 Å². The van der Waals surface area contributed by atoms with Crippen LogP contribution < -0.4 is 4.90 Å². The zero-order valence-corrected chi connectivity index (χ0v) is 13.8. The molecule has 0 fully saturated rings. The van der Waals surface area contributed by atoms with E-state index in [4.69, 9.17) is 0 Å². The fraction of sp³-hybridized carbons (Fsp3) is 0.368. The van der Waals surface area contributed by atoms with Crippen LogP contribution in [0.25, 0.3) is 0 Å². The van der Waals surface area contributed by atoms with Gasteiger partial charge in [-0.3, -0.25) is 0 Å². The Morgan fingerprint density at radius 2 is 1.52 bits per heavy atom. The molecule has 0 saturated carbocycles. The molecule has 0 aliphatic carbocycles. The first-order valence-electron chi connectivity index (χ1n) is 7.49. The molecule has 2 nitrogen and oxygen atoms in total. The van der Waals surface area contributed by atoms with E-state index in [2.05, 4.69) is 93.4 Å². The van der Waals surface area contributed by atoms with Gasteiger partial charge in [0.05, 0.1) is 0 Å². The summed E-state index contributed by atoms with van der Waals surface area (Å²) in [5, 5.41) is 0. The molecule has 2 rings (SSSR count). The quantitative estimate of drug-likeness (QED) is 0.819. The number of rotatable bonds is 5. The molecule has 0 heterocycles. The van der Waals surface area contributed by atoms with Crippen LogP contribution in [-0.4, -0.2) is 33.1 Å². The zero-order chi connectivity index (χ0) is 15.4. The summed E-state index contributed by atoms with van der Waals surface area (Å²) in [6.45, 7) is 2.23. The van der Waals surface area contributed by atoms with Crippen molar-refractivity contribution in [2.24, 2.45) is 0 Å². The molecule has 0 aromatic heterocycles. The highest BCUT2D eigenvalue weighted by Gasteiger charge is 2.07. The Balaban J connectivity index is 2.12. The van der Waals surface area contributed by atoms with Gasteiger partial charge in [0.2, 0.25) is 0 Å². The zero-order valence-electron chi connectivity index (χ0n) is 13.8. The average Bonchev–Trinajstić information content (AvgIpc) is 2.47. The van der Waals surface area contributed by atoms with Crippen molar-refractivity contribution in [3.05, 3.63) is 65.2 Å². The molecular formula is C19H26N2. The first-order valence-corrected chi connectivity index (χ1v) is 7.49. The minimum absolute atomic E-state index is 0.455. The highest BCUT2D eigenvalue weighted by atomic mass is 15.1. The van der Waals surface area contributed by atoms with Gasteiger partial charge in [-0.2, -0.15) is 0 Å². The lowest BCUT2D eigenvalue weighted by molar-refractivity contribution is 0.321. The number of hydrogen-bond acceptors (Lipinski definition) is 2. The van der Waals surface area contributed by atoms with Crippen LogP contribution in [0.5, 0.6) is 0 Å². The lowest BCUT2D eigenvalue weighted by atomic mass is 10.0. The second-order valence-corrected chi connectivity index (χ2v) is 6.12. The third-order valence-electron chi connectivity index (χ3n) is 4.07. The Morgan fingerprint density at radius 1 is 0.857 bits per heavy atom. The second-order valence-electron chi connectivity index (χ2n) is 6.12. The Morgan fingerprint density at radius 3 is 2.10 bits per heavy atom. The first kappa shape index (κ1) is 15.6. The largest absolute Gasteiger partial charge is 0.378 e. The Labute approximate surface area is 129 Å². The summed E-state index contributed by atoms with van der Waals surface area (Å²) in [4.78, 5) is 4.38. The molecule has 21 heavy (non-hydrogen) atoms. The number of benzene rings is 2. The Kier molecular flexibility index (Phi) is 5.03.